The Labute approximate surface area is 142 Å². The molecule has 0 radical (unpaired) electrons. The third-order valence-corrected chi connectivity index (χ3v) is 3.93. The second-order valence-electron chi connectivity index (χ2n) is 5.64. The molecule has 0 aromatic heterocycles. The summed E-state index contributed by atoms with van der Waals surface area (Å²) < 4.78 is 0. The highest BCUT2D eigenvalue weighted by Gasteiger charge is 2.10. The first kappa shape index (κ1) is 17.2. The first-order valence-corrected chi connectivity index (χ1v) is 7.84. The van der Waals surface area contributed by atoms with Crippen molar-refractivity contribution in [1.82, 2.24) is 4.90 Å². The number of carbonyl (C=O) groups is 1. The first-order chi connectivity index (χ1) is 11.0. The van der Waals surface area contributed by atoms with Gasteiger partial charge >= 0.3 is 0 Å². The highest BCUT2D eigenvalue weighted by molar-refractivity contribution is 6.33. The van der Waals surface area contributed by atoms with Gasteiger partial charge in [-0.05, 0) is 29.8 Å². The topological polar surface area (TPSA) is 35.6 Å². The predicted octanol–water partition coefficient (Wildman–Crippen LogP) is 3.48. The summed E-state index contributed by atoms with van der Waals surface area (Å²) in [6.07, 6.45) is 0. The zero-order chi connectivity index (χ0) is 16.8. The second-order valence-corrected chi connectivity index (χ2v) is 6.05. The summed E-state index contributed by atoms with van der Waals surface area (Å²) in [5.41, 5.74) is 3.01. The molecule has 0 fully saturated rings. The summed E-state index contributed by atoms with van der Waals surface area (Å²) in [6, 6.07) is 15.6. The van der Waals surface area contributed by atoms with Crippen LogP contribution in [-0.4, -0.2) is 38.5 Å². The van der Waals surface area contributed by atoms with Crippen LogP contribution >= 0.6 is 11.6 Å². The quantitative estimate of drug-likeness (QED) is 0.880. The second kappa shape index (κ2) is 7.88. The molecule has 0 spiro atoms. The van der Waals surface area contributed by atoms with Gasteiger partial charge in [-0.3, -0.25) is 4.79 Å². The van der Waals surface area contributed by atoms with Crippen LogP contribution in [0.5, 0.6) is 0 Å². The number of benzene rings is 2. The monoisotopic (exact) mass is 331 g/mol. The molecule has 4 nitrogen and oxygen atoms in total. The summed E-state index contributed by atoms with van der Waals surface area (Å²) in [4.78, 5) is 16.0. The number of anilines is 2. The Balaban J connectivity index is 1.88. The van der Waals surface area contributed by atoms with Gasteiger partial charge in [-0.15, -0.1) is 0 Å². The zero-order valence-corrected chi connectivity index (χ0v) is 14.5. The predicted molar refractivity (Wildman–Crippen MR) is 97.2 cm³/mol. The number of likely N-dealkylation sites (N-methyl/N-ethyl adjacent to an activating group) is 1. The minimum absolute atomic E-state index is 0.0154. The lowest BCUT2D eigenvalue weighted by atomic mass is 10.2. The average Bonchev–Trinajstić information content (AvgIpc) is 2.54. The molecule has 0 bridgehead atoms. The maximum atomic E-state index is 12.2. The van der Waals surface area contributed by atoms with Gasteiger partial charge in [0.05, 0.1) is 17.3 Å². The number of para-hydroxylation sites is 1. The molecule has 5 heteroatoms. The Morgan fingerprint density at radius 1 is 1.04 bits per heavy atom. The van der Waals surface area contributed by atoms with E-state index in [-0.39, 0.29) is 12.5 Å². The minimum Gasteiger partial charge on any atom is -0.378 e. The number of rotatable bonds is 6. The molecule has 23 heavy (non-hydrogen) atoms. The van der Waals surface area contributed by atoms with Crippen LogP contribution in [0.4, 0.5) is 11.4 Å². The standard InChI is InChI=1S/C18H22ClN3O/c1-21(2)15-10-8-14(9-11-15)13-22(3)18(23)12-20-17-7-5-4-6-16(17)19/h4-11,20H,12-13H2,1-3H3. The summed E-state index contributed by atoms with van der Waals surface area (Å²) in [5.74, 6) is 0.0154. The van der Waals surface area contributed by atoms with Crippen molar-refractivity contribution >= 4 is 28.9 Å². The molecule has 0 aliphatic rings. The molecular formula is C18H22ClN3O. The number of hydrogen-bond acceptors (Lipinski definition) is 3. The van der Waals surface area contributed by atoms with E-state index < -0.39 is 0 Å². The van der Waals surface area contributed by atoms with Crippen LogP contribution in [0.1, 0.15) is 5.56 Å². The summed E-state index contributed by atoms with van der Waals surface area (Å²) >= 11 is 6.07. The molecule has 0 aliphatic heterocycles. The molecule has 0 unspecified atom stereocenters. The van der Waals surface area contributed by atoms with Crippen molar-refractivity contribution in [2.75, 3.05) is 37.9 Å². The fraction of sp³-hybridized carbons (Fsp3) is 0.278. The van der Waals surface area contributed by atoms with E-state index in [1.54, 1.807) is 18.0 Å². The Bertz CT molecular complexity index is 656. The fourth-order valence-electron chi connectivity index (χ4n) is 2.17. The lowest BCUT2D eigenvalue weighted by Crippen LogP contribution is -2.31. The van der Waals surface area contributed by atoms with Crippen LogP contribution in [0.2, 0.25) is 5.02 Å². The maximum Gasteiger partial charge on any atom is 0.241 e. The van der Waals surface area contributed by atoms with Gasteiger partial charge in [0.2, 0.25) is 5.91 Å². The van der Waals surface area contributed by atoms with Gasteiger partial charge in [0.15, 0.2) is 0 Å². The molecule has 1 N–H and O–H groups in total. The van der Waals surface area contributed by atoms with Gasteiger partial charge in [0, 0.05) is 33.4 Å². The van der Waals surface area contributed by atoms with E-state index in [0.717, 1.165) is 16.9 Å². The Hall–Kier alpha value is -2.20. The van der Waals surface area contributed by atoms with Gasteiger partial charge in [0.1, 0.15) is 0 Å². The summed E-state index contributed by atoms with van der Waals surface area (Å²) in [7, 11) is 5.81. The van der Waals surface area contributed by atoms with E-state index in [1.807, 2.05) is 49.3 Å². The molecular weight excluding hydrogens is 310 g/mol. The molecule has 2 aromatic rings. The first-order valence-electron chi connectivity index (χ1n) is 7.46. The van der Waals surface area contributed by atoms with Crippen LogP contribution in [0.3, 0.4) is 0 Å². The molecule has 0 saturated heterocycles. The number of hydrogen-bond donors (Lipinski definition) is 1. The van der Waals surface area contributed by atoms with Crippen molar-refractivity contribution in [2.24, 2.45) is 0 Å². The van der Waals surface area contributed by atoms with Crippen molar-refractivity contribution < 1.29 is 4.79 Å². The number of carbonyl (C=O) groups excluding carboxylic acids is 1. The molecule has 2 rings (SSSR count). The highest BCUT2D eigenvalue weighted by Crippen LogP contribution is 2.20. The van der Waals surface area contributed by atoms with Crippen molar-refractivity contribution in [3.05, 3.63) is 59.1 Å². The smallest absolute Gasteiger partial charge is 0.241 e. The average molecular weight is 332 g/mol. The van der Waals surface area contributed by atoms with Crippen LogP contribution in [0, 0.1) is 0 Å². The maximum absolute atomic E-state index is 12.2. The summed E-state index contributed by atoms with van der Waals surface area (Å²) in [5, 5.41) is 3.69. The molecule has 2 aromatic carbocycles. The van der Waals surface area contributed by atoms with Crippen LogP contribution in [0.25, 0.3) is 0 Å². The van der Waals surface area contributed by atoms with Gasteiger partial charge in [-0.2, -0.15) is 0 Å². The molecule has 0 atom stereocenters. The normalized spacial score (nSPS) is 10.3. The van der Waals surface area contributed by atoms with Gasteiger partial charge in [-0.1, -0.05) is 35.9 Å². The van der Waals surface area contributed by atoms with E-state index in [2.05, 4.69) is 17.4 Å². The molecule has 0 saturated carbocycles. The van der Waals surface area contributed by atoms with Crippen LogP contribution < -0.4 is 10.2 Å². The van der Waals surface area contributed by atoms with E-state index in [0.29, 0.717) is 11.6 Å². The van der Waals surface area contributed by atoms with Gasteiger partial charge < -0.3 is 15.1 Å². The Morgan fingerprint density at radius 3 is 2.30 bits per heavy atom. The Kier molecular flexibility index (Phi) is 5.88. The molecule has 0 aliphatic carbocycles. The lowest BCUT2D eigenvalue weighted by molar-refractivity contribution is -0.128. The third-order valence-electron chi connectivity index (χ3n) is 3.60. The molecule has 122 valence electrons. The van der Waals surface area contributed by atoms with Gasteiger partial charge in [0.25, 0.3) is 0 Å². The minimum atomic E-state index is 0.0154. The number of nitrogens with one attached hydrogen (secondary N) is 1. The number of amides is 1. The zero-order valence-electron chi connectivity index (χ0n) is 13.7. The van der Waals surface area contributed by atoms with Crippen LogP contribution in [-0.2, 0) is 11.3 Å². The van der Waals surface area contributed by atoms with E-state index in [4.69, 9.17) is 11.6 Å². The Morgan fingerprint density at radius 2 is 1.70 bits per heavy atom. The van der Waals surface area contributed by atoms with Crippen molar-refractivity contribution in [3.8, 4) is 0 Å². The third kappa shape index (κ3) is 4.89. The van der Waals surface area contributed by atoms with E-state index in [1.165, 1.54) is 0 Å². The van der Waals surface area contributed by atoms with Gasteiger partial charge in [-0.25, -0.2) is 0 Å². The number of nitrogens with zero attached hydrogens (tertiary/aromatic N) is 2. The van der Waals surface area contributed by atoms with Crippen molar-refractivity contribution in [1.29, 1.82) is 0 Å². The van der Waals surface area contributed by atoms with E-state index in [9.17, 15) is 4.79 Å². The molecule has 0 heterocycles. The summed E-state index contributed by atoms with van der Waals surface area (Å²) in [6.45, 7) is 0.798. The van der Waals surface area contributed by atoms with Crippen molar-refractivity contribution in [3.63, 3.8) is 0 Å². The van der Waals surface area contributed by atoms with Crippen LogP contribution in [0.15, 0.2) is 48.5 Å². The number of halogens is 1. The lowest BCUT2D eigenvalue weighted by Gasteiger charge is -2.19. The van der Waals surface area contributed by atoms with E-state index >= 15 is 0 Å². The fourth-order valence-corrected chi connectivity index (χ4v) is 2.37. The highest BCUT2D eigenvalue weighted by atomic mass is 35.5. The SMILES string of the molecule is CN(Cc1ccc(N(C)C)cc1)C(=O)CNc1ccccc1Cl. The molecule has 1 amide bonds. The van der Waals surface area contributed by atoms with Crippen molar-refractivity contribution in [2.45, 2.75) is 6.54 Å². The largest absolute Gasteiger partial charge is 0.378 e.